The molecule has 0 spiro atoms. The van der Waals surface area contributed by atoms with Gasteiger partial charge in [0.05, 0.1) is 18.6 Å². The molecule has 2 aromatic heterocycles. The predicted octanol–water partition coefficient (Wildman–Crippen LogP) is 3.01. The number of thioether (sulfide) groups is 1. The third-order valence-electron chi connectivity index (χ3n) is 5.26. The topological polar surface area (TPSA) is 67.4 Å². The molecule has 2 aliphatic rings. The molecule has 2 aromatic rings. The fourth-order valence-electron chi connectivity index (χ4n) is 3.77. The maximum absolute atomic E-state index is 12.6. The van der Waals surface area contributed by atoms with E-state index in [0.29, 0.717) is 12.3 Å². The second-order valence-corrected chi connectivity index (χ2v) is 8.17. The van der Waals surface area contributed by atoms with Crippen LogP contribution in [0, 0.1) is 0 Å². The smallest absolute Gasteiger partial charge is 0.233 e. The van der Waals surface area contributed by atoms with E-state index in [0.717, 1.165) is 55.9 Å². The molecular formula is C19H27N5O2S. The van der Waals surface area contributed by atoms with Gasteiger partial charge >= 0.3 is 0 Å². The van der Waals surface area contributed by atoms with E-state index >= 15 is 0 Å². The van der Waals surface area contributed by atoms with E-state index in [1.54, 1.807) is 6.26 Å². The number of aromatic nitrogens is 3. The number of rotatable bonds is 6. The van der Waals surface area contributed by atoms with Gasteiger partial charge in [0.1, 0.15) is 5.76 Å². The molecule has 2 fully saturated rings. The summed E-state index contributed by atoms with van der Waals surface area (Å²) in [5.41, 5.74) is 0. The van der Waals surface area contributed by atoms with Crippen LogP contribution in [0.4, 0.5) is 5.95 Å². The monoisotopic (exact) mass is 389 g/mol. The molecule has 0 N–H and O–H groups in total. The van der Waals surface area contributed by atoms with Gasteiger partial charge in [0.15, 0.2) is 5.16 Å². The minimum absolute atomic E-state index is 0.206. The van der Waals surface area contributed by atoms with Crippen LogP contribution in [0.5, 0.6) is 0 Å². The Morgan fingerprint density at radius 1 is 1.04 bits per heavy atom. The maximum Gasteiger partial charge on any atom is 0.233 e. The Bertz CT molecular complexity index is 731. The first kappa shape index (κ1) is 18.4. The van der Waals surface area contributed by atoms with Gasteiger partial charge < -0.3 is 14.2 Å². The van der Waals surface area contributed by atoms with E-state index in [4.69, 9.17) is 4.42 Å². The second-order valence-electron chi connectivity index (χ2n) is 7.23. The van der Waals surface area contributed by atoms with E-state index in [1.165, 1.54) is 37.4 Å². The van der Waals surface area contributed by atoms with Crippen molar-refractivity contribution in [2.24, 2.45) is 0 Å². The lowest BCUT2D eigenvalue weighted by atomic mass is 10.2. The van der Waals surface area contributed by atoms with Crippen molar-refractivity contribution in [1.82, 2.24) is 19.7 Å². The summed E-state index contributed by atoms with van der Waals surface area (Å²) in [4.78, 5) is 16.9. The van der Waals surface area contributed by atoms with Gasteiger partial charge in [0.2, 0.25) is 11.9 Å². The third kappa shape index (κ3) is 4.48. The molecule has 1 amide bonds. The third-order valence-corrected chi connectivity index (χ3v) is 6.22. The maximum atomic E-state index is 12.6. The number of anilines is 1. The lowest BCUT2D eigenvalue weighted by molar-refractivity contribution is -0.128. The average Bonchev–Trinajstić information content (AvgIpc) is 3.40. The molecule has 146 valence electrons. The van der Waals surface area contributed by atoms with Crippen LogP contribution in [0.1, 0.15) is 44.3 Å². The molecule has 27 heavy (non-hydrogen) atoms. The number of hydrogen-bond acceptors (Lipinski definition) is 6. The fourth-order valence-corrected chi connectivity index (χ4v) is 4.61. The van der Waals surface area contributed by atoms with Crippen LogP contribution in [0.2, 0.25) is 0 Å². The molecule has 4 rings (SSSR count). The van der Waals surface area contributed by atoms with Crippen LogP contribution in [0.15, 0.2) is 28.0 Å². The van der Waals surface area contributed by atoms with Crippen molar-refractivity contribution >= 4 is 23.6 Å². The number of furan rings is 1. The standard InChI is InChI=1S/C19H27N5O2S/c25-17(22-9-3-1-2-4-10-22)15-27-19-21-20-18(23-11-5-6-12-23)24(19)14-16-8-7-13-26-16/h7-8,13H,1-6,9-12,14-15H2. The molecule has 4 heterocycles. The highest BCUT2D eigenvalue weighted by atomic mass is 32.2. The Labute approximate surface area is 164 Å². The highest BCUT2D eigenvalue weighted by molar-refractivity contribution is 7.99. The molecule has 0 aromatic carbocycles. The summed E-state index contributed by atoms with van der Waals surface area (Å²) >= 11 is 1.49. The summed E-state index contributed by atoms with van der Waals surface area (Å²) < 4.78 is 7.62. The zero-order valence-electron chi connectivity index (χ0n) is 15.7. The van der Waals surface area contributed by atoms with Crippen molar-refractivity contribution in [1.29, 1.82) is 0 Å². The number of carbonyl (C=O) groups is 1. The highest BCUT2D eigenvalue weighted by Gasteiger charge is 2.23. The number of hydrogen-bond donors (Lipinski definition) is 0. The van der Waals surface area contributed by atoms with Gasteiger partial charge in [-0.25, -0.2) is 0 Å². The Morgan fingerprint density at radius 2 is 1.78 bits per heavy atom. The normalized spacial score (nSPS) is 18.1. The van der Waals surface area contributed by atoms with E-state index in [1.807, 2.05) is 17.0 Å². The number of carbonyl (C=O) groups excluding carboxylic acids is 1. The molecule has 2 aliphatic heterocycles. The zero-order chi connectivity index (χ0) is 18.5. The summed E-state index contributed by atoms with van der Waals surface area (Å²) in [6, 6.07) is 3.86. The molecule has 7 nitrogen and oxygen atoms in total. The van der Waals surface area contributed by atoms with Crippen LogP contribution in [-0.2, 0) is 11.3 Å². The molecule has 0 radical (unpaired) electrons. The first-order valence-corrected chi connectivity index (χ1v) is 10.9. The largest absolute Gasteiger partial charge is 0.467 e. The van der Waals surface area contributed by atoms with Gasteiger partial charge in [-0.3, -0.25) is 9.36 Å². The van der Waals surface area contributed by atoms with Crippen LogP contribution in [0.25, 0.3) is 0 Å². The van der Waals surface area contributed by atoms with Gasteiger partial charge in [-0.1, -0.05) is 24.6 Å². The SMILES string of the molecule is O=C(CSc1nnc(N2CCCC2)n1Cc1ccco1)N1CCCCCC1. The van der Waals surface area contributed by atoms with E-state index in [-0.39, 0.29) is 5.91 Å². The van der Waals surface area contributed by atoms with Crippen LogP contribution in [-0.4, -0.2) is 57.5 Å². The number of likely N-dealkylation sites (tertiary alicyclic amines) is 1. The van der Waals surface area contributed by atoms with Crippen molar-refractivity contribution in [3.63, 3.8) is 0 Å². The lowest BCUT2D eigenvalue weighted by Crippen LogP contribution is -2.33. The Morgan fingerprint density at radius 3 is 2.48 bits per heavy atom. The van der Waals surface area contributed by atoms with E-state index in [9.17, 15) is 4.79 Å². The van der Waals surface area contributed by atoms with Gasteiger partial charge in [-0.05, 0) is 37.8 Å². The zero-order valence-corrected chi connectivity index (χ0v) is 16.5. The molecule has 8 heteroatoms. The van der Waals surface area contributed by atoms with E-state index < -0.39 is 0 Å². The van der Waals surface area contributed by atoms with Gasteiger partial charge in [0, 0.05) is 26.2 Å². The van der Waals surface area contributed by atoms with Crippen LogP contribution >= 0.6 is 11.8 Å². The van der Waals surface area contributed by atoms with Crippen molar-refractivity contribution in [2.75, 3.05) is 36.8 Å². The fraction of sp³-hybridized carbons (Fsp3) is 0.632. The summed E-state index contributed by atoms with van der Waals surface area (Å²) in [5.74, 6) is 2.37. The Balaban J connectivity index is 1.46. The summed E-state index contributed by atoms with van der Waals surface area (Å²) in [7, 11) is 0. The van der Waals surface area contributed by atoms with Crippen molar-refractivity contribution in [3.8, 4) is 0 Å². The first-order chi connectivity index (χ1) is 13.3. The number of nitrogens with zero attached hydrogens (tertiary/aromatic N) is 5. The predicted molar refractivity (Wildman–Crippen MR) is 105 cm³/mol. The van der Waals surface area contributed by atoms with Crippen molar-refractivity contribution in [2.45, 2.75) is 50.2 Å². The highest BCUT2D eigenvalue weighted by Crippen LogP contribution is 2.26. The van der Waals surface area contributed by atoms with Gasteiger partial charge in [-0.2, -0.15) is 0 Å². The average molecular weight is 390 g/mol. The molecular weight excluding hydrogens is 362 g/mol. The molecule has 0 unspecified atom stereocenters. The van der Waals surface area contributed by atoms with Gasteiger partial charge in [0.25, 0.3) is 0 Å². The second kappa shape index (κ2) is 8.82. The van der Waals surface area contributed by atoms with Gasteiger partial charge in [-0.15, -0.1) is 10.2 Å². The molecule has 0 atom stereocenters. The first-order valence-electron chi connectivity index (χ1n) is 9.92. The Kier molecular flexibility index (Phi) is 6.01. The quantitative estimate of drug-likeness (QED) is 0.708. The van der Waals surface area contributed by atoms with Crippen molar-refractivity contribution < 1.29 is 9.21 Å². The summed E-state index contributed by atoms with van der Waals surface area (Å²) in [6.45, 7) is 4.38. The van der Waals surface area contributed by atoms with E-state index in [2.05, 4.69) is 19.7 Å². The Hall–Kier alpha value is -1.96. The minimum Gasteiger partial charge on any atom is -0.467 e. The van der Waals surface area contributed by atoms with Crippen molar-refractivity contribution in [3.05, 3.63) is 24.2 Å². The lowest BCUT2D eigenvalue weighted by Gasteiger charge is -2.20. The summed E-state index contributed by atoms with van der Waals surface area (Å²) in [5, 5.41) is 9.62. The molecule has 0 saturated carbocycles. The summed E-state index contributed by atoms with van der Waals surface area (Å²) in [6.07, 6.45) is 8.74. The molecule has 0 bridgehead atoms. The number of amides is 1. The molecule has 0 aliphatic carbocycles. The molecule has 2 saturated heterocycles. The van der Waals surface area contributed by atoms with Crippen LogP contribution < -0.4 is 4.90 Å². The van der Waals surface area contributed by atoms with Crippen LogP contribution in [0.3, 0.4) is 0 Å². The minimum atomic E-state index is 0.206.